The molecule has 0 saturated heterocycles. The van der Waals surface area contributed by atoms with E-state index in [1.54, 1.807) is 6.08 Å². The van der Waals surface area contributed by atoms with Crippen LogP contribution in [0.2, 0.25) is 0 Å². The van der Waals surface area contributed by atoms with E-state index in [0.29, 0.717) is 23.4 Å². The molecule has 0 N–H and O–H groups in total. The third-order valence-corrected chi connectivity index (χ3v) is 5.67. The number of fused-ring (bicyclic) bond motifs is 1. The van der Waals surface area contributed by atoms with Crippen molar-refractivity contribution < 1.29 is 9.53 Å². The summed E-state index contributed by atoms with van der Waals surface area (Å²) in [5, 5.41) is 10.5. The fraction of sp³-hybridized carbons (Fsp3) is 0.0714. The van der Waals surface area contributed by atoms with Crippen LogP contribution < -0.4 is 0 Å². The molecule has 4 aromatic rings. The molecule has 154 valence electrons. The number of nitrogens with zero attached hydrogens (tertiary/aromatic N) is 2. The number of ether oxygens (including phenoxy) is 1. The Morgan fingerprint density at radius 1 is 1.00 bits per heavy atom. The van der Waals surface area contributed by atoms with Crippen molar-refractivity contribution in [3.05, 3.63) is 118 Å². The summed E-state index contributed by atoms with van der Waals surface area (Å²) in [4.78, 5) is 12.6. The lowest BCUT2D eigenvalue weighted by atomic mass is 10.1. The van der Waals surface area contributed by atoms with E-state index in [0.717, 1.165) is 33.2 Å². The molecule has 5 rings (SSSR count). The van der Waals surface area contributed by atoms with Gasteiger partial charge in [0.1, 0.15) is 5.76 Å². The Bertz CT molecular complexity index is 1450. The summed E-state index contributed by atoms with van der Waals surface area (Å²) in [6, 6.07) is 25.8. The largest absolute Gasteiger partial charge is 0.422 e. The second kappa shape index (κ2) is 8.05. The number of nitriles is 1. The first-order chi connectivity index (χ1) is 15.6. The molecule has 3 aromatic carbocycles. The van der Waals surface area contributed by atoms with Gasteiger partial charge >= 0.3 is 5.97 Å². The van der Waals surface area contributed by atoms with E-state index in [1.807, 2.05) is 92.0 Å². The van der Waals surface area contributed by atoms with Gasteiger partial charge < -0.3 is 9.30 Å². The minimum absolute atomic E-state index is 0.354. The van der Waals surface area contributed by atoms with Crippen molar-refractivity contribution in [3.8, 4) is 6.07 Å². The van der Waals surface area contributed by atoms with E-state index in [1.165, 1.54) is 0 Å². The van der Waals surface area contributed by atoms with Crippen LogP contribution in [0.3, 0.4) is 0 Å². The fourth-order valence-corrected chi connectivity index (χ4v) is 3.99. The van der Waals surface area contributed by atoms with Gasteiger partial charge in [-0.3, -0.25) is 0 Å². The van der Waals surface area contributed by atoms with Gasteiger partial charge in [0.15, 0.2) is 0 Å². The fourth-order valence-electron chi connectivity index (χ4n) is 3.99. The first-order valence-corrected chi connectivity index (χ1v) is 10.4. The van der Waals surface area contributed by atoms with Crippen molar-refractivity contribution in [1.82, 2.24) is 4.57 Å². The lowest BCUT2D eigenvalue weighted by molar-refractivity contribution is -0.130. The van der Waals surface area contributed by atoms with Crippen LogP contribution >= 0.6 is 0 Å². The van der Waals surface area contributed by atoms with Crippen molar-refractivity contribution in [2.75, 3.05) is 0 Å². The molecule has 32 heavy (non-hydrogen) atoms. The Balaban J connectivity index is 1.55. The van der Waals surface area contributed by atoms with Gasteiger partial charge in [0.05, 0.1) is 17.2 Å². The minimum Gasteiger partial charge on any atom is -0.422 e. The molecule has 0 amide bonds. The molecule has 0 spiro atoms. The van der Waals surface area contributed by atoms with Crippen molar-refractivity contribution in [1.29, 1.82) is 5.26 Å². The quantitative estimate of drug-likeness (QED) is 0.310. The minimum atomic E-state index is -0.354. The van der Waals surface area contributed by atoms with Crippen molar-refractivity contribution in [2.45, 2.75) is 13.5 Å². The highest BCUT2D eigenvalue weighted by Crippen LogP contribution is 2.30. The van der Waals surface area contributed by atoms with Gasteiger partial charge in [-0.15, -0.1) is 0 Å². The van der Waals surface area contributed by atoms with Crippen molar-refractivity contribution in [2.24, 2.45) is 0 Å². The highest BCUT2D eigenvalue weighted by Gasteiger charge is 2.22. The van der Waals surface area contributed by atoms with Crippen molar-refractivity contribution in [3.63, 3.8) is 0 Å². The maximum absolute atomic E-state index is 12.6. The second-order valence-corrected chi connectivity index (χ2v) is 7.86. The first kappa shape index (κ1) is 19.6. The summed E-state index contributed by atoms with van der Waals surface area (Å²) in [6.07, 6.45) is 5.69. The summed E-state index contributed by atoms with van der Waals surface area (Å²) in [5.41, 5.74) is 6.14. The smallest absolute Gasteiger partial charge is 0.343 e. The number of para-hydroxylation sites is 1. The van der Waals surface area contributed by atoms with Gasteiger partial charge in [-0.25, -0.2) is 4.79 Å². The number of benzene rings is 3. The maximum atomic E-state index is 12.6. The zero-order chi connectivity index (χ0) is 22.1. The first-order valence-electron chi connectivity index (χ1n) is 10.4. The highest BCUT2D eigenvalue weighted by atomic mass is 16.5. The normalized spacial score (nSPS) is 14.4. The number of carbonyl (C=O) groups excluding carboxylic acids is 1. The predicted octanol–water partition coefficient (Wildman–Crippen LogP) is 5.85. The number of carbonyl (C=O) groups is 1. The summed E-state index contributed by atoms with van der Waals surface area (Å²) in [7, 11) is 0. The van der Waals surface area contributed by atoms with E-state index in [9.17, 15) is 10.1 Å². The lowest BCUT2D eigenvalue weighted by Gasteiger charge is -2.07. The van der Waals surface area contributed by atoms with E-state index in [4.69, 9.17) is 4.74 Å². The Morgan fingerprint density at radius 2 is 1.75 bits per heavy atom. The molecule has 0 fully saturated rings. The summed E-state index contributed by atoms with van der Waals surface area (Å²) >= 11 is 0. The highest BCUT2D eigenvalue weighted by molar-refractivity contribution is 6.06. The third-order valence-electron chi connectivity index (χ3n) is 5.67. The molecule has 4 heteroatoms. The molecule has 1 aliphatic rings. The SMILES string of the molecule is Cc1ccc(C2=C/C(=C\c3cn(Cc4ccccc4C#N)c4ccccc34)C(=O)O2)cc1. The van der Waals surface area contributed by atoms with Crippen LogP contribution in [-0.4, -0.2) is 10.5 Å². The lowest BCUT2D eigenvalue weighted by Crippen LogP contribution is -2.00. The number of hydrogen-bond donors (Lipinski definition) is 0. The van der Waals surface area contributed by atoms with E-state index >= 15 is 0 Å². The number of hydrogen-bond acceptors (Lipinski definition) is 3. The molecule has 0 radical (unpaired) electrons. The van der Waals surface area contributed by atoms with Crippen LogP contribution in [-0.2, 0) is 16.1 Å². The van der Waals surface area contributed by atoms with E-state index in [-0.39, 0.29) is 5.97 Å². The molecule has 0 aliphatic carbocycles. The zero-order valence-corrected chi connectivity index (χ0v) is 17.6. The van der Waals surface area contributed by atoms with Crippen LogP contribution in [0.25, 0.3) is 22.7 Å². The van der Waals surface area contributed by atoms with E-state index < -0.39 is 0 Å². The van der Waals surface area contributed by atoms with Crippen LogP contribution in [0, 0.1) is 18.3 Å². The summed E-state index contributed by atoms with van der Waals surface area (Å²) in [6.45, 7) is 2.59. The average Bonchev–Trinajstić information content (AvgIpc) is 3.35. The van der Waals surface area contributed by atoms with Crippen LogP contribution in [0.4, 0.5) is 0 Å². The molecule has 4 nitrogen and oxygen atoms in total. The van der Waals surface area contributed by atoms with Gasteiger partial charge in [0.2, 0.25) is 0 Å². The molecule has 1 aliphatic heterocycles. The van der Waals surface area contributed by atoms with Crippen molar-refractivity contribution >= 4 is 28.7 Å². The Morgan fingerprint density at radius 3 is 2.56 bits per heavy atom. The molecule has 0 atom stereocenters. The molecular weight excluding hydrogens is 396 g/mol. The monoisotopic (exact) mass is 416 g/mol. The van der Waals surface area contributed by atoms with Gasteiger partial charge in [-0.1, -0.05) is 66.2 Å². The Hall–Kier alpha value is -4.36. The zero-order valence-electron chi connectivity index (χ0n) is 17.6. The number of cyclic esters (lactones) is 1. The topological polar surface area (TPSA) is 55.0 Å². The number of esters is 1. The maximum Gasteiger partial charge on any atom is 0.343 e. The van der Waals surface area contributed by atoms with Gasteiger partial charge in [-0.05, 0) is 36.8 Å². The second-order valence-electron chi connectivity index (χ2n) is 7.86. The number of aromatic nitrogens is 1. The van der Waals surface area contributed by atoms with Gasteiger partial charge in [0.25, 0.3) is 0 Å². The number of aryl methyl sites for hydroxylation is 1. The standard InChI is InChI=1S/C28H20N2O2/c1-19-10-12-20(13-11-19)27-15-23(28(31)32-27)14-24-18-30(26-9-5-4-8-25(24)26)17-22-7-3-2-6-21(22)16-29/h2-15,18H,17H2,1H3/b23-14+. The van der Waals surface area contributed by atoms with Crippen LogP contribution in [0.15, 0.2) is 90.6 Å². The number of rotatable bonds is 4. The Kier molecular flexibility index (Phi) is 4.93. The molecular formula is C28H20N2O2. The van der Waals surface area contributed by atoms with Crippen LogP contribution in [0.5, 0.6) is 0 Å². The molecule has 0 saturated carbocycles. The summed E-state index contributed by atoms with van der Waals surface area (Å²) < 4.78 is 7.64. The molecule has 0 unspecified atom stereocenters. The molecule has 1 aromatic heterocycles. The molecule has 0 bridgehead atoms. The summed E-state index contributed by atoms with van der Waals surface area (Å²) in [5.74, 6) is 0.208. The van der Waals surface area contributed by atoms with Gasteiger partial charge in [-0.2, -0.15) is 5.26 Å². The Labute approximate surface area is 186 Å². The average molecular weight is 416 g/mol. The predicted molar refractivity (Wildman–Crippen MR) is 125 cm³/mol. The molecule has 2 heterocycles. The van der Waals surface area contributed by atoms with Crippen LogP contribution in [0.1, 0.15) is 27.8 Å². The van der Waals surface area contributed by atoms with E-state index in [2.05, 4.69) is 10.6 Å². The third kappa shape index (κ3) is 3.61. The van der Waals surface area contributed by atoms with Gasteiger partial charge in [0, 0.05) is 34.8 Å².